The zero-order valence-electron chi connectivity index (χ0n) is 11.2. The van der Waals surface area contributed by atoms with Gasteiger partial charge in [0.15, 0.2) is 0 Å². The molecule has 0 spiro atoms. The Balaban J connectivity index is 1.98. The third-order valence-corrected chi connectivity index (χ3v) is 4.10. The van der Waals surface area contributed by atoms with Crippen LogP contribution in [0.5, 0.6) is 5.75 Å². The van der Waals surface area contributed by atoms with Gasteiger partial charge in [-0.05, 0) is 31.7 Å². The Hall–Kier alpha value is -0.290. The highest BCUT2D eigenvalue weighted by Crippen LogP contribution is 2.34. The van der Waals surface area contributed by atoms with Gasteiger partial charge in [-0.3, -0.25) is 0 Å². The summed E-state index contributed by atoms with van der Waals surface area (Å²) in [4.78, 5) is 0. The molecule has 0 aliphatic heterocycles. The third kappa shape index (κ3) is 3.63. The molecule has 1 fully saturated rings. The zero-order chi connectivity index (χ0) is 13.8. The highest BCUT2D eigenvalue weighted by molar-refractivity contribution is 9.10. The minimum atomic E-state index is 0.0719. The van der Waals surface area contributed by atoms with Crippen LogP contribution >= 0.6 is 27.5 Å². The molecule has 2 rings (SSSR count). The Morgan fingerprint density at radius 3 is 2.89 bits per heavy atom. The highest BCUT2D eigenvalue weighted by atomic mass is 79.9. The molecule has 0 bridgehead atoms. The average molecular weight is 349 g/mol. The molecule has 0 heterocycles. The molecule has 0 saturated heterocycles. The van der Waals surface area contributed by atoms with Gasteiger partial charge in [-0.2, -0.15) is 0 Å². The molecule has 19 heavy (non-hydrogen) atoms. The zero-order valence-corrected chi connectivity index (χ0v) is 13.5. The molecule has 1 aromatic rings. The van der Waals surface area contributed by atoms with E-state index in [4.69, 9.17) is 21.1 Å². The molecular formula is C14H19BrClNO2. The molecular weight excluding hydrogens is 330 g/mol. The molecule has 1 aromatic carbocycles. The third-order valence-electron chi connectivity index (χ3n) is 3.31. The summed E-state index contributed by atoms with van der Waals surface area (Å²) in [7, 11) is 1.95. The van der Waals surface area contributed by atoms with Gasteiger partial charge in [0.1, 0.15) is 18.0 Å². The smallest absolute Gasteiger partial charge is 0.138 e. The summed E-state index contributed by atoms with van der Waals surface area (Å²) >= 11 is 9.55. The van der Waals surface area contributed by atoms with Crippen molar-refractivity contribution in [2.45, 2.75) is 38.0 Å². The number of nitrogens with one attached hydrogen (secondary N) is 1. The summed E-state index contributed by atoms with van der Waals surface area (Å²) in [5, 5.41) is 3.88. The molecule has 3 atom stereocenters. The molecule has 3 unspecified atom stereocenters. The van der Waals surface area contributed by atoms with E-state index in [1.807, 2.05) is 25.2 Å². The van der Waals surface area contributed by atoms with E-state index in [1.165, 1.54) is 0 Å². The average Bonchev–Trinajstić information content (AvgIpc) is 2.36. The van der Waals surface area contributed by atoms with E-state index in [0.29, 0.717) is 11.1 Å². The van der Waals surface area contributed by atoms with E-state index < -0.39 is 0 Å². The van der Waals surface area contributed by atoms with Crippen molar-refractivity contribution in [1.29, 1.82) is 0 Å². The lowest BCUT2D eigenvalue weighted by Gasteiger charge is -2.43. The summed E-state index contributed by atoms with van der Waals surface area (Å²) in [6.07, 6.45) is 2.13. The number of hydrogen-bond acceptors (Lipinski definition) is 3. The second-order valence-corrected chi connectivity index (χ2v) is 6.02. The van der Waals surface area contributed by atoms with Gasteiger partial charge in [-0.25, -0.2) is 0 Å². The molecule has 3 nitrogen and oxygen atoms in total. The van der Waals surface area contributed by atoms with E-state index in [9.17, 15) is 0 Å². The van der Waals surface area contributed by atoms with Crippen molar-refractivity contribution in [3.63, 3.8) is 0 Å². The van der Waals surface area contributed by atoms with Crippen molar-refractivity contribution < 1.29 is 9.47 Å². The fourth-order valence-corrected chi connectivity index (χ4v) is 2.91. The Kier molecular flexibility index (Phi) is 5.51. The minimum absolute atomic E-state index is 0.0719. The number of halogens is 2. The number of benzene rings is 1. The summed E-state index contributed by atoms with van der Waals surface area (Å²) in [5.41, 5.74) is 0. The Morgan fingerprint density at radius 2 is 2.26 bits per heavy atom. The lowest BCUT2D eigenvalue weighted by Crippen LogP contribution is -2.60. The highest BCUT2D eigenvalue weighted by Gasteiger charge is 2.43. The van der Waals surface area contributed by atoms with E-state index >= 15 is 0 Å². The van der Waals surface area contributed by atoms with E-state index in [-0.39, 0.29) is 12.2 Å². The van der Waals surface area contributed by atoms with Gasteiger partial charge in [-0.1, -0.05) is 34.5 Å². The molecule has 1 aliphatic rings. The second-order valence-electron chi connectivity index (χ2n) is 4.70. The molecule has 106 valence electrons. The first-order valence-corrected chi connectivity index (χ1v) is 7.73. The Bertz CT molecular complexity index is 430. The quantitative estimate of drug-likeness (QED) is 0.851. The van der Waals surface area contributed by atoms with Crippen LogP contribution in [0.1, 0.15) is 19.8 Å². The maximum atomic E-state index is 6.17. The van der Waals surface area contributed by atoms with Crippen LogP contribution in [0.4, 0.5) is 0 Å². The van der Waals surface area contributed by atoms with Crippen LogP contribution in [0.3, 0.4) is 0 Å². The molecule has 0 radical (unpaired) electrons. The number of hydrogen-bond donors (Lipinski definition) is 1. The van der Waals surface area contributed by atoms with Gasteiger partial charge in [0.2, 0.25) is 0 Å². The maximum absolute atomic E-state index is 6.17. The van der Waals surface area contributed by atoms with Crippen LogP contribution in [0, 0.1) is 0 Å². The first kappa shape index (κ1) is 15.1. The second kappa shape index (κ2) is 6.93. The lowest BCUT2D eigenvalue weighted by atomic mass is 9.85. The SMILES string of the molecule is CCCOC1C(NC)CC1Oc1ccc(Br)cc1Cl. The van der Waals surface area contributed by atoms with Crippen LogP contribution in [-0.4, -0.2) is 31.9 Å². The molecule has 0 aromatic heterocycles. The molecule has 1 N–H and O–H groups in total. The molecule has 0 amide bonds. The number of likely N-dealkylation sites (N-methyl/N-ethyl adjacent to an activating group) is 1. The minimum Gasteiger partial charge on any atom is -0.486 e. The van der Waals surface area contributed by atoms with E-state index in [0.717, 1.165) is 29.7 Å². The van der Waals surface area contributed by atoms with Crippen LogP contribution in [0.2, 0.25) is 5.02 Å². The molecule has 1 aliphatic carbocycles. The van der Waals surface area contributed by atoms with Crippen LogP contribution in [0.15, 0.2) is 22.7 Å². The fourth-order valence-electron chi connectivity index (χ4n) is 2.19. The van der Waals surface area contributed by atoms with Crippen molar-refractivity contribution in [2.24, 2.45) is 0 Å². The van der Waals surface area contributed by atoms with Gasteiger partial charge in [0.05, 0.1) is 5.02 Å². The summed E-state index contributed by atoms with van der Waals surface area (Å²) in [6, 6.07) is 6.02. The van der Waals surface area contributed by atoms with Crippen molar-refractivity contribution in [1.82, 2.24) is 5.32 Å². The van der Waals surface area contributed by atoms with Gasteiger partial charge < -0.3 is 14.8 Å². The van der Waals surface area contributed by atoms with Crippen LogP contribution in [-0.2, 0) is 4.74 Å². The van der Waals surface area contributed by atoms with Crippen molar-refractivity contribution in [2.75, 3.05) is 13.7 Å². The van der Waals surface area contributed by atoms with Crippen molar-refractivity contribution in [3.05, 3.63) is 27.7 Å². The van der Waals surface area contributed by atoms with Crippen LogP contribution < -0.4 is 10.1 Å². The standard InChI is InChI=1S/C14H19BrClNO2/c1-3-6-18-14-11(17-2)8-13(14)19-12-5-4-9(15)7-10(12)16/h4-5,7,11,13-14,17H,3,6,8H2,1-2H3. The first-order valence-electron chi connectivity index (χ1n) is 6.56. The molecule has 5 heteroatoms. The van der Waals surface area contributed by atoms with Crippen molar-refractivity contribution >= 4 is 27.5 Å². The molecule has 1 saturated carbocycles. The van der Waals surface area contributed by atoms with Gasteiger partial charge >= 0.3 is 0 Å². The van der Waals surface area contributed by atoms with Crippen LogP contribution in [0.25, 0.3) is 0 Å². The summed E-state index contributed by atoms with van der Waals surface area (Å²) < 4.78 is 12.7. The van der Waals surface area contributed by atoms with Gasteiger partial charge in [0, 0.05) is 23.5 Å². The summed E-state index contributed by atoms with van der Waals surface area (Å²) in [5.74, 6) is 0.717. The van der Waals surface area contributed by atoms with Gasteiger partial charge in [-0.15, -0.1) is 0 Å². The van der Waals surface area contributed by atoms with Crippen molar-refractivity contribution in [3.8, 4) is 5.75 Å². The van der Waals surface area contributed by atoms with E-state index in [2.05, 4.69) is 28.2 Å². The monoisotopic (exact) mass is 347 g/mol. The predicted octanol–water partition coefficient (Wildman–Crippen LogP) is 3.64. The maximum Gasteiger partial charge on any atom is 0.138 e. The normalized spacial score (nSPS) is 26.0. The first-order chi connectivity index (χ1) is 9.15. The number of ether oxygens (including phenoxy) is 2. The van der Waals surface area contributed by atoms with E-state index in [1.54, 1.807) is 0 Å². The van der Waals surface area contributed by atoms with Gasteiger partial charge in [0.25, 0.3) is 0 Å². The Morgan fingerprint density at radius 1 is 1.47 bits per heavy atom. The number of rotatable bonds is 6. The largest absolute Gasteiger partial charge is 0.486 e. The summed E-state index contributed by atoms with van der Waals surface area (Å²) in [6.45, 7) is 2.87. The Labute approximate surface area is 127 Å². The predicted molar refractivity (Wildman–Crippen MR) is 81.1 cm³/mol. The fraction of sp³-hybridized carbons (Fsp3) is 0.571. The topological polar surface area (TPSA) is 30.5 Å². The lowest BCUT2D eigenvalue weighted by molar-refractivity contribution is -0.106.